The quantitative estimate of drug-likeness (QED) is 0.840. The van der Waals surface area contributed by atoms with Crippen molar-refractivity contribution in [1.29, 1.82) is 0 Å². The molecule has 1 saturated heterocycles. The molecule has 140 valence electrons. The molecular formula is C19H24N2O4S. The summed E-state index contributed by atoms with van der Waals surface area (Å²) in [4.78, 5) is 14.6. The van der Waals surface area contributed by atoms with Gasteiger partial charge in [0, 0.05) is 13.1 Å². The molecule has 7 heteroatoms. The lowest BCUT2D eigenvalue weighted by molar-refractivity contribution is -0.132. The topological polar surface area (TPSA) is 79.6 Å². The molecule has 0 aliphatic carbocycles. The number of hydrogen-bond donors (Lipinski definition) is 1. The molecule has 1 aliphatic rings. The SMILES string of the molecule is Cc1ccc(S(=O)(=O)N[C@@H](CC(=O)N2CCCCC2)c2ccco2)cc1. The number of hydrogen-bond acceptors (Lipinski definition) is 4. The van der Waals surface area contributed by atoms with E-state index < -0.39 is 16.1 Å². The smallest absolute Gasteiger partial charge is 0.241 e. The van der Waals surface area contributed by atoms with E-state index in [0.717, 1.165) is 37.9 Å². The zero-order valence-electron chi connectivity index (χ0n) is 14.8. The molecule has 1 atom stereocenters. The van der Waals surface area contributed by atoms with Crippen LogP contribution in [0.15, 0.2) is 52.0 Å². The van der Waals surface area contributed by atoms with Crippen LogP contribution in [0.1, 0.15) is 43.0 Å². The number of benzene rings is 1. The molecule has 6 nitrogen and oxygen atoms in total. The number of piperidine rings is 1. The molecular weight excluding hydrogens is 352 g/mol. The maximum Gasteiger partial charge on any atom is 0.241 e. The van der Waals surface area contributed by atoms with E-state index in [4.69, 9.17) is 4.42 Å². The van der Waals surface area contributed by atoms with E-state index in [9.17, 15) is 13.2 Å². The Balaban J connectivity index is 1.78. The van der Waals surface area contributed by atoms with Gasteiger partial charge in [-0.2, -0.15) is 4.72 Å². The molecule has 1 N–H and O–H groups in total. The van der Waals surface area contributed by atoms with Gasteiger partial charge >= 0.3 is 0 Å². The lowest BCUT2D eigenvalue weighted by Crippen LogP contribution is -2.39. The molecule has 0 spiro atoms. The molecule has 1 fully saturated rings. The Kier molecular flexibility index (Phi) is 5.78. The summed E-state index contributed by atoms with van der Waals surface area (Å²) in [6.07, 6.45) is 4.64. The summed E-state index contributed by atoms with van der Waals surface area (Å²) in [6, 6.07) is 9.25. The van der Waals surface area contributed by atoms with Gasteiger partial charge in [0.05, 0.1) is 23.6 Å². The Morgan fingerprint density at radius 2 is 1.85 bits per heavy atom. The first-order valence-electron chi connectivity index (χ1n) is 8.86. The number of amides is 1. The molecule has 0 radical (unpaired) electrons. The zero-order chi connectivity index (χ0) is 18.6. The lowest BCUT2D eigenvalue weighted by atomic mass is 10.1. The monoisotopic (exact) mass is 376 g/mol. The van der Waals surface area contributed by atoms with Crippen LogP contribution in [0.2, 0.25) is 0 Å². The number of sulfonamides is 1. The number of furan rings is 1. The predicted octanol–water partition coefficient (Wildman–Crippen LogP) is 3.01. The highest BCUT2D eigenvalue weighted by molar-refractivity contribution is 7.89. The summed E-state index contributed by atoms with van der Waals surface area (Å²) in [5, 5.41) is 0. The van der Waals surface area contributed by atoms with E-state index in [0.29, 0.717) is 5.76 Å². The van der Waals surface area contributed by atoms with Crippen LogP contribution in [-0.4, -0.2) is 32.3 Å². The minimum absolute atomic E-state index is 0.0403. The molecule has 26 heavy (non-hydrogen) atoms. The van der Waals surface area contributed by atoms with E-state index >= 15 is 0 Å². The normalized spacial score (nSPS) is 16.4. The van der Waals surface area contributed by atoms with Gasteiger partial charge in [0.25, 0.3) is 0 Å². The van der Waals surface area contributed by atoms with Crippen LogP contribution < -0.4 is 4.72 Å². The fourth-order valence-electron chi connectivity index (χ4n) is 3.11. The van der Waals surface area contributed by atoms with Crippen molar-refractivity contribution in [2.45, 2.75) is 43.5 Å². The van der Waals surface area contributed by atoms with Gasteiger partial charge in [0.1, 0.15) is 5.76 Å². The molecule has 0 unspecified atom stereocenters. The third kappa shape index (κ3) is 4.53. The van der Waals surface area contributed by atoms with Gasteiger partial charge in [-0.05, 0) is 50.5 Å². The Morgan fingerprint density at radius 3 is 2.46 bits per heavy atom. The van der Waals surface area contributed by atoms with E-state index in [-0.39, 0.29) is 17.2 Å². The average molecular weight is 376 g/mol. The Labute approximate surface area is 154 Å². The van der Waals surface area contributed by atoms with Crippen LogP contribution in [0, 0.1) is 6.92 Å². The Morgan fingerprint density at radius 1 is 1.15 bits per heavy atom. The van der Waals surface area contributed by atoms with Crippen molar-refractivity contribution in [1.82, 2.24) is 9.62 Å². The molecule has 2 heterocycles. The van der Waals surface area contributed by atoms with Crippen molar-refractivity contribution in [2.24, 2.45) is 0 Å². The highest BCUT2D eigenvalue weighted by Crippen LogP contribution is 2.23. The molecule has 0 saturated carbocycles. The number of carbonyl (C=O) groups excluding carboxylic acids is 1. The first-order chi connectivity index (χ1) is 12.5. The van der Waals surface area contributed by atoms with Crippen LogP contribution in [0.3, 0.4) is 0 Å². The van der Waals surface area contributed by atoms with Gasteiger partial charge in [-0.1, -0.05) is 17.7 Å². The fourth-order valence-corrected chi connectivity index (χ4v) is 4.31. The van der Waals surface area contributed by atoms with Crippen LogP contribution in [0.4, 0.5) is 0 Å². The molecule has 1 aliphatic heterocycles. The van der Waals surface area contributed by atoms with Crippen molar-refractivity contribution >= 4 is 15.9 Å². The van der Waals surface area contributed by atoms with Gasteiger partial charge in [0.2, 0.25) is 15.9 Å². The maximum absolute atomic E-state index is 12.7. The molecule has 0 bridgehead atoms. The second-order valence-electron chi connectivity index (χ2n) is 6.65. The van der Waals surface area contributed by atoms with Gasteiger partial charge in [-0.25, -0.2) is 8.42 Å². The van der Waals surface area contributed by atoms with Gasteiger partial charge in [-0.15, -0.1) is 0 Å². The number of nitrogens with one attached hydrogen (secondary N) is 1. The van der Waals surface area contributed by atoms with Crippen LogP contribution in [0.5, 0.6) is 0 Å². The van der Waals surface area contributed by atoms with Crippen LogP contribution >= 0.6 is 0 Å². The van der Waals surface area contributed by atoms with Crippen LogP contribution in [-0.2, 0) is 14.8 Å². The highest BCUT2D eigenvalue weighted by Gasteiger charge is 2.28. The fraction of sp³-hybridized carbons (Fsp3) is 0.421. The van der Waals surface area contributed by atoms with Crippen LogP contribution in [0.25, 0.3) is 0 Å². The van der Waals surface area contributed by atoms with Crippen molar-refractivity contribution in [3.05, 3.63) is 54.0 Å². The average Bonchev–Trinajstić information content (AvgIpc) is 3.17. The van der Waals surface area contributed by atoms with E-state index in [1.165, 1.54) is 6.26 Å². The third-order valence-electron chi connectivity index (χ3n) is 4.60. The number of carbonyl (C=O) groups is 1. The summed E-state index contributed by atoms with van der Waals surface area (Å²) in [7, 11) is -3.76. The van der Waals surface area contributed by atoms with Crippen molar-refractivity contribution in [3.63, 3.8) is 0 Å². The number of nitrogens with zero attached hydrogens (tertiary/aromatic N) is 1. The second-order valence-corrected chi connectivity index (χ2v) is 8.36. The lowest BCUT2D eigenvalue weighted by Gasteiger charge is -2.28. The molecule has 3 rings (SSSR count). The second kappa shape index (κ2) is 8.05. The van der Waals surface area contributed by atoms with E-state index in [2.05, 4.69) is 4.72 Å². The zero-order valence-corrected chi connectivity index (χ0v) is 15.7. The summed E-state index contributed by atoms with van der Waals surface area (Å²) in [5.74, 6) is 0.378. The van der Waals surface area contributed by atoms with Crippen molar-refractivity contribution in [2.75, 3.05) is 13.1 Å². The maximum atomic E-state index is 12.7. The van der Waals surface area contributed by atoms with E-state index in [1.54, 1.807) is 41.3 Å². The molecule has 1 amide bonds. The van der Waals surface area contributed by atoms with Crippen molar-refractivity contribution in [3.8, 4) is 0 Å². The van der Waals surface area contributed by atoms with Gasteiger partial charge in [-0.3, -0.25) is 4.79 Å². The molecule has 1 aromatic carbocycles. The van der Waals surface area contributed by atoms with Gasteiger partial charge in [0.15, 0.2) is 0 Å². The predicted molar refractivity (Wildman–Crippen MR) is 98.0 cm³/mol. The summed E-state index contributed by atoms with van der Waals surface area (Å²) in [6.45, 7) is 3.36. The highest BCUT2D eigenvalue weighted by atomic mass is 32.2. The molecule has 1 aromatic heterocycles. The Hall–Kier alpha value is -2.12. The summed E-state index contributed by atoms with van der Waals surface area (Å²) < 4.78 is 33.5. The Bertz CT molecular complexity index is 823. The largest absolute Gasteiger partial charge is 0.468 e. The number of rotatable bonds is 6. The number of aryl methyl sites for hydroxylation is 1. The summed E-state index contributed by atoms with van der Waals surface area (Å²) >= 11 is 0. The third-order valence-corrected chi connectivity index (χ3v) is 6.09. The summed E-state index contributed by atoms with van der Waals surface area (Å²) in [5.41, 5.74) is 0.979. The van der Waals surface area contributed by atoms with Gasteiger partial charge < -0.3 is 9.32 Å². The first kappa shape index (κ1) is 18.7. The standard InChI is InChI=1S/C19H24N2O4S/c1-15-7-9-16(10-8-15)26(23,24)20-17(18-6-5-13-25-18)14-19(22)21-11-3-2-4-12-21/h5-10,13,17,20H,2-4,11-12,14H2,1H3/t17-/m0/s1. The van der Waals surface area contributed by atoms with E-state index in [1.807, 2.05) is 6.92 Å². The minimum Gasteiger partial charge on any atom is -0.468 e. The first-order valence-corrected chi connectivity index (χ1v) is 10.3. The minimum atomic E-state index is -3.76. The molecule has 2 aromatic rings. The van der Waals surface area contributed by atoms with Crippen molar-refractivity contribution < 1.29 is 17.6 Å². The number of likely N-dealkylation sites (tertiary alicyclic amines) is 1.